The van der Waals surface area contributed by atoms with Crippen LogP contribution in [-0.2, 0) is 10.0 Å². The van der Waals surface area contributed by atoms with E-state index < -0.39 is 10.0 Å². The van der Waals surface area contributed by atoms with Gasteiger partial charge in [-0.05, 0) is 24.3 Å². The number of aliphatic imine (C=N–C) groups is 1. The van der Waals surface area contributed by atoms with E-state index in [1.165, 1.54) is 18.4 Å². The molecule has 5 nitrogen and oxygen atoms in total. The Kier molecular flexibility index (Phi) is 5.98. The summed E-state index contributed by atoms with van der Waals surface area (Å²) in [5.74, 6) is 2.59. The van der Waals surface area contributed by atoms with E-state index in [1.54, 1.807) is 47.8 Å². The monoisotopic (exact) mass is 346 g/mol. The first-order valence-corrected chi connectivity index (χ1v) is 9.87. The van der Waals surface area contributed by atoms with Gasteiger partial charge in [-0.1, -0.05) is 23.5 Å². The van der Waals surface area contributed by atoms with Crippen LogP contribution in [0.3, 0.4) is 0 Å². The van der Waals surface area contributed by atoms with Gasteiger partial charge in [-0.3, -0.25) is 4.99 Å². The summed E-state index contributed by atoms with van der Waals surface area (Å²) in [7, 11) is -0.346. The third-order valence-corrected chi connectivity index (χ3v) is 6.78. The van der Waals surface area contributed by atoms with Gasteiger partial charge in [0.25, 0.3) is 0 Å². The second-order valence-corrected chi connectivity index (χ2v) is 9.03. The molecule has 0 fully saturated rings. The van der Waals surface area contributed by atoms with E-state index in [-0.39, 0.29) is 4.90 Å². The molecule has 0 atom stereocenters. The lowest BCUT2D eigenvalue weighted by molar-refractivity contribution is 0.344. The molecule has 1 aliphatic rings. The van der Waals surface area contributed by atoms with Crippen molar-refractivity contribution >= 4 is 37.9 Å². The number of benzene rings is 1. The van der Waals surface area contributed by atoms with E-state index in [0.29, 0.717) is 12.4 Å². The van der Waals surface area contributed by atoms with Crippen molar-refractivity contribution in [2.45, 2.75) is 4.90 Å². The lowest BCUT2D eigenvalue weighted by Crippen LogP contribution is -2.22. The van der Waals surface area contributed by atoms with Crippen molar-refractivity contribution in [3.63, 3.8) is 0 Å². The largest absolute Gasteiger partial charge is 0.493 e. The highest BCUT2D eigenvalue weighted by molar-refractivity contribution is 8.39. The van der Waals surface area contributed by atoms with Crippen LogP contribution in [-0.4, -0.2) is 55.9 Å². The molecule has 0 aliphatic carbocycles. The van der Waals surface area contributed by atoms with Crippen molar-refractivity contribution in [1.82, 2.24) is 4.31 Å². The molecule has 0 N–H and O–H groups in total. The van der Waals surface area contributed by atoms with Crippen LogP contribution in [0.4, 0.5) is 0 Å². The van der Waals surface area contributed by atoms with Gasteiger partial charge in [0.15, 0.2) is 0 Å². The van der Waals surface area contributed by atoms with Gasteiger partial charge in [0.2, 0.25) is 10.0 Å². The predicted molar refractivity (Wildman–Crippen MR) is 90.0 cm³/mol. The molecule has 116 valence electrons. The number of rotatable bonds is 6. The van der Waals surface area contributed by atoms with Crippen LogP contribution in [0.25, 0.3) is 0 Å². The van der Waals surface area contributed by atoms with E-state index in [0.717, 1.165) is 22.4 Å². The molecule has 0 unspecified atom stereocenters. The average molecular weight is 346 g/mol. The van der Waals surface area contributed by atoms with E-state index in [2.05, 4.69) is 4.99 Å². The summed E-state index contributed by atoms with van der Waals surface area (Å²) in [5.41, 5.74) is 0. The number of thioether (sulfide) groups is 2. The number of hydrogen-bond acceptors (Lipinski definition) is 6. The zero-order chi connectivity index (χ0) is 15.3. The Balaban J connectivity index is 1.82. The molecule has 2 rings (SSSR count). The number of ether oxygens (including phenoxy) is 1. The van der Waals surface area contributed by atoms with Crippen LogP contribution < -0.4 is 4.74 Å². The van der Waals surface area contributed by atoms with Gasteiger partial charge in [-0.2, -0.15) is 0 Å². The Bertz CT molecular complexity index is 598. The zero-order valence-corrected chi connectivity index (χ0v) is 14.4. The van der Waals surface area contributed by atoms with Crippen LogP contribution in [0.2, 0.25) is 0 Å². The number of nitrogens with zero attached hydrogens (tertiary/aromatic N) is 2. The first-order chi connectivity index (χ1) is 10.00. The Morgan fingerprint density at radius 1 is 1.33 bits per heavy atom. The summed E-state index contributed by atoms with van der Waals surface area (Å²) in [5, 5.41) is 0. The van der Waals surface area contributed by atoms with Gasteiger partial charge in [-0.15, -0.1) is 0 Å². The molecule has 1 heterocycles. The highest BCUT2D eigenvalue weighted by atomic mass is 32.2. The minimum atomic E-state index is -3.37. The van der Waals surface area contributed by atoms with Gasteiger partial charge in [0.05, 0.1) is 18.0 Å². The highest BCUT2D eigenvalue weighted by Gasteiger charge is 2.16. The summed E-state index contributed by atoms with van der Waals surface area (Å²) in [6, 6.07) is 6.50. The standard InChI is InChI=1S/C13H18N2O3S3/c1-15(2)21(16,17)12-5-3-11(4-6-12)18-8-10-20-13-14-7-9-19-13/h3-6H,7-10H2,1-2H3. The highest BCUT2D eigenvalue weighted by Crippen LogP contribution is 2.22. The van der Waals surface area contributed by atoms with Gasteiger partial charge in [0, 0.05) is 25.6 Å². The SMILES string of the molecule is CN(C)S(=O)(=O)c1ccc(OCCSC2=NCCS2)cc1. The molecule has 0 amide bonds. The smallest absolute Gasteiger partial charge is 0.242 e. The molecule has 21 heavy (non-hydrogen) atoms. The lowest BCUT2D eigenvalue weighted by Gasteiger charge is -2.12. The average Bonchev–Trinajstić information content (AvgIpc) is 2.97. The number of hydrogen-bond donors (Lipinski definition) is 0. The molecule has 0 radical (unpaired) electrons. The lowest BCUT2D eigenvalue weighted by atomic mass is 10.3. The Hall–Kier alpha value is -0.700. The summed E-state index contributed by atoms with van der Waals surface area (Å²) in [6.45, 7) is 1.49. The molecule has 0 spiro atoms. The third kappa shape index (κ3) is 4.64. The first kappa shape index (κ1) is 16.7. The Morgan fingerprint density at radius 2 is 2.05 bits per heavy atom. The van der Waals surface area contributed by atoms with Crippen molar-refractivity contribution in [3.05, 3.63) is 24.3 Å². The Morgan fingerprint density at radius 3 is 2.62 bits per heavy atom. The van der Waals surface area contributed by atoms with Gasteiger partial charge in [0.1, 0.15) is 10.1 Å². The van der Waals surface area contributed by atoms with Crippen LogP contribution in [0, 0.1) is 0 Å². The van der Waals surface area contributed by atoms with Crippen molar-refractivity contribution in [3.8, 4) is 5.75 Å². The maximum Gasteiger partial charge on any atom is 0.242 e. The van der Waals surface area contributed by atoms with E-state index in [4.69, 9.17) is 4.74 Å². The molecule has 0 bridgehead atoms. The molecule has 0 aromatic heterocycles. The van der Waals surface area contributed by atoms with E-state index in [9.17, 15) is 8.42 Å². The normalized spacial score (nSPS) is 15.3. The molecule has 8 heteroatoms. The summed E-state index contributed by atoms with van der Waals surface area (Å²) >= 11 is 3.48. The number of sulfonamides is 1. The molecule has 1 aromatic rings. The third-order valence-electron chi connectivity index (χ3n) is 2.74. The van der Waals surface area contributed by atoms with Crippen molar-refractivity contribution in [2.24, 2.45) is 4.99 Å². The quantitative estimate of drug-likeness (QED) is 0.739. The van der Waals surface area contributed by atoms with Crippen LogP contribution in [0.1, 0.15) is 0 Å². The maximum atomic E-state index is 11.9. The molecular weight excluding hydrogens is 328 g/mol. The minimum absolute atomic E-state index is 0.269. The van der Waals surface area contributed by atoms with Gasteiger partial charge < -0.3 is 4.74 Å². The van der Waals surface area contributed by atoms with E-state index in [1.807, 2.05) is 0 Å². The summed E-state index contributed by atoms with van der Waals surface area (Å²) < 4.78 is 31.8. The topological polar surface area (TPSA) is 59.0 Å². The molecule has 1 aliphatic heterocycles. The summed E-state index contributed by atoms with van der Waals surface area (Å²) in [4.78, 5) is 4.62. The Labute approximate surface area is 134 Å². The maximum absolute atomic E-state index is 11.9. The predicted octanol–water partition coefficient (Wildman–Crippen LogP) is 2.15. The zero-order valence-electron chi connectivity index (χ0n) is 12.0. The van der Waals surface area contributed by atoms with Crippen LogP contribution in [0.15, 0.2) is 34.2 Å². The first-order valence-electron chi connectivity index (χ1n) is 6.45. The fraction of sp³-hybridized carbons (Fsp3) is 0.462. The molecular formula is C13H18N2O3S3. The van der Waals surface area contributed by atoms with Crippen LogP contribution in [0.5, 0.6) is 5.75 Å². The van der Waals surface area contributed by atoms with E-state index >= 15 is 0 Å². The molecule has 0 saturated carbocycles. The summed E-state index contributed by atoms with van der Waals surface area (Å²) in [6.07, 6.45) is 0. The second-order valence-electron chi connectivity index (χ2n) is 4.45. The molecule has 1 aromatic carbocycles. The molecule has 0 saturated heterocycles. The van der Waals surface area contributed by atoms with Crippen molar-refractivity contribution in [2.75, 3.05) is 38.8 Å². The fourth-order valence-corrected chi connectivity index (χ4v) is 4.41. The minimum Gasteiger partial charge on any atom is -0.493 e. The fourth-order valence-electron chi connectivity index (χ4n) is 1.61. The second kappa shape index (κ2) is 7.53. The van der Waals surface area contributed by atoms with Crippen LogP contribution >= 0.6 is 23.5 Å². The van der Waals surface area contributed by atoms with Gasteiger partial charge in [-0.25, -0.2) is 12.7 Å². The van der Waals surface area contributed by atoms with Gasteiger partial charge >= 0.3 is 0 Å². The van der Waals surface area contributed by atoms with Crippen molar-refractivity contribution < 1.29 is 13.2 Å². The van der Waals surface area contributed by atoms with Crippen molar-refractivity contribution in [1.29, 1.82) is 0 Å².